The van der Waals surface area contributed by atoms with Gasteiger partial charge in [0.25, 0.3) is 5.79 Å². The van der Waals surface area contributed by atoms with Crippen LogP contribution in [0, 0.1) is 0 Å². The Morgan fingerprint density at radius 3 is 2.35 bits per heavy atom. The highest BCUT2D eigenvalue weighted by molar-refractivity contribution is 7.49. The van der Waals surface area contributed by atoms with Crippen LogP contribution in [0.15, 0.2) is 0 Å². The van der Waals surface area contributed by atoms with Crippen LogP contribution in [-0.2, 0) is 22.9 Å². The molecular formula is C6H9O10P. The Morgan fingerprint density at radius 2 is 1.82 bits per heavy atom. The molecule has 0 aliphatic carbocycles. The van der Waals surface area contributed by atoms with E-state index in [0.29, 0.717) is 0 Å². The van der Waals surface area contributed by atoms with E-state index in [1.807, 2.05) is 0 Å². The van der Waals surface area contributed by atoms with Gasteiger partial charge in [-0.05, 0) is 0 Å². The molecule has 3 heterocycles. The van der Waals surface area contributed by atoms with E-state index in [9.17, 15) is 25.0 Å². The Balaban J connectivity index is 2.15. The number of fused-ring (bicyclic) bond motifs is 1. The first-order valence-electron chi connectivity index (χ1n) is 4.56. The maximum Gasteiger partial charge on any atom is 0.485 e. The lowest BCUT2D eigenvalue weighted by Crippen LogP contribution is -2.78. The zero-order chi connectivity index (χ0) is 12.7. The Hall–Kier alpha value is -0.130. The molecule has 0 saturated carbocycles. The molecule has 0 aromatic rings. The molecule has 0 aromatic heterocycles. The highest BCUT2D eigenvalue weighted by Gasteiger charge is 2.89. The molecular weight excluding hydrogens is 263 g/mol. The third-order valence-electron chi connectivity index (χ3n) is 2.89. The summed E-state index contributed by atoms with van der Waals surface area (Å²) in [5, 5.41) is 48.1. The van der Waals surface area contributed by atoms with Crippen molar-refractivity contribution in [2.75, 3.05) is 6.61 Å². The van der Waals surface area contributed by atoms with Gasteiger partial charge in [-0.25, -0.2) is 18.1 Å². The summed E-state index contributed by atoms with van der Waals surface area (Å²) in [5.41, 5.74) is 0. The fraction of sp³-hybridized carbons (Fsp3) is 1.00. The molecule has 3 fully saturated rings. The lowest BCUT2D eigenvalue weighted by molar-refractivity contribution is -0.526. The summed E-state index contributed by atoms with van der Waals surface area (Å²) < 4.78 is 29.4. The van der Waals surface area contributed by atoms with E-state index in [-0.39, 0.29) is 0 Å². The third kappa shape index (κ3) is 1.09. The van der Waals surface area contributed by atoms with E-state index in [4.69, 9.17) is 5.11 Å². The summed E-state index contributed by atoms with van der Waals surface area (Å²) in [6.45, 7) is -0.821. The molecule has 2 bridgehead atoms. The molecule has 0 aromatic carbocycles. The SMILES string of the molecule is O=P12O[C@@]3(O)O[C@H](CO)[C@@H](O)[C@@](O)(O1)[C@]3(O)O2. The number of phosphoric acid groups is 1. The number of hydrogen-bond acceptors (Lipinski definition) is 10. The zero-order valence-electron chi connectivity index (χ0n) is 8.09. The van der Waals surface area contributed by atoms with Crippen LogP contribution >= 0.6 is 7.82 Å². The van der Waals surface area contributed by atoms with Gasteiger partial charge in [0, 0.05) is 0 Å². The smallest absolute Gasteiger partial charge is 0.394 e. The van der Waals surface area contributed by atoms with Crippen molar-refractivity contribution >= 4 is 7.82 Å². The predicted molar refractivity (Wildman–Crippen MR) is 43.7 cm³/mol. The Morgan fingerprint density at radius 1 is 1.18 bits per heavy atom. The molecule has 3 rings (SSSR count). The van der Waals surface area contributed by atoms with E-state index in [0.717, 1.165) is 0 Å². The van der Waals surface area contributed by atoms with Gasteiger partial charge in [-0.2, -0.15) is 0 Å². The molecule has 17 heavy (non-hydrogen) atoms. The van der Waals surface area contributed by atoms with Gasteiger partial charge in [-0.15, -0.1) is 0 Å². The van der Waals surface area contributed by atoms with Crippen molar-refractivity contribution in [1.82, 2.24) is 0 Å². The monoisotopic (exact) mass is 272 g/mol. The highest BCUT2D eigenvalue weighted by Crippen LogP contribution is 2.76. The van der Waals surface area contributed by atoms with Crippen LogP contribution in [-0.4, -0.2) is 61.9 Å². The minimum absolute atomic E-state index is 0.821. The van der Waals surface area contributed by atoms with Crippen LogP contribution in [0.1, 0.15) is 0 Å². The molecule has 0 radical (unpaired) electrons. The van der Waals surface area contributed by atoms with Crippen molar-refractivity contribution in [3.05, 3.63) is 0 Å². The Kier molecular flexibility index (Phi) is 2.03. The maximum absolute atomic E-state index is 11.6. The lowest BCUT2D eigenvalue weighted by Gasteiger charge is -2.50. The molecule has 6 atom stereocenters. The van der Waals surface area contributed by atoms with Crippen molar-refractivity contribution in [3.8, 4) is 0 Å². The molecule has 11 heteroatoms. The molecule has 0 amide bonds. The number of phosphoric ester groups is 1. The van der Waals surface area contributed by atoms with Crippen LogP contribution in [0.5, 0.6) is 0 Å². The number of hydrogen-bond donors (Lipinski definition) is 5. The van der Waals surface area contributed by atoms with Gasteiger partial charge in [0.2, 0.25) is 0 Å². The van der Waals surface area contributed by atoms with Crippen LogP contribution in [0.2, 0.25) is 0 Å². The van der Waals surface area contributed by atoms with Crippen molar-refractivity contribution in [1.29, 1.82) is 0 Å². The minimum Gasteiger partial charge on any atom is -0.394 e. The number of aliphatic hydroxyl groups is 5. The fourth-order valence-electron chi connectivity index (χ4n) is 2.03. The van der Waals surface area contributed by atoms with Crippen molar-refractivity contribution in [2.45, 2.75) is 29.8 Å². The second-order valence-electron chi connectivity index (χ2n) is 3.93. The predicted octanol–water partition coefficient (Wildman–Crippen LogP) is -3.05. The van der Waals surface area contributed by atoms with Gasteiger partial charge in [0.15, 0.2) is 0 Å². The molecule has 3 aliphatic heterocycles. The molecule has 98 valence electrons. The second kappa shape index (κ2) is 2.89. The molecule has 10 nitrogen and oxygen atoms in total. The fourth-order valence-corrected chi connectivity index (χ4v) is 3.75. The molecule has 5 N–H and O–H groups in total. The Labute approximate surface area is 93.5 Å². The first-order valence-corrected chi connectivity index (χ1v) is 6.02. The average Bonchev–Trinajstić information content (AvgIpc) is 2.54. The van der Waals surface area contributed by atoms with Gasteiger partial charge >= 0.3 is 19.6 Å². The van der Waals surface area contributed by atoms with E-state index < -0.39 is 44.2 Å². The van der Waals surface area contributed by atoms with Crippen LogP contribution in [0.3, 0.4) is 0 Å². The molecule has 3 saturated heterocycles. The zero-order valence-corrected chi connectivity index (χ0v) is 8.98. The largest absolute Gasteiger partial charge is 0.485 e. The van der Waals surface area contributed by atoms with Crippen LogP contribution < -0.4 is 0 Å². The van der Waals surface area contributed by atoms with Gasteiger partial charge in [0.1, 0.15) is 12.2 Å². The van der Waals surface area contributed by atoms with Crippen molar-refractivity contribution in [2.24, 2.45) is 0 Å². The maximum atomic E-state index is 11.6. The van der Waals surface area contributed by atoms with Crippen molar-refractivity contribution < 1.29 is 48.4 Å². The van der Waals surface area contributed by atoms with Crippen LogP contribution in [0.4, 0.5) is 0 Å². The van der Waals surface area contributed by atoms with Gasteiger partial charge < -0.3 is 30.3 Å². The van der Waals surface area contributed by atoms with Gasteiger partial charge in [-0.3, -0.25) is 0 Å². The van der Waals surface area contributed by atoms with E-state index in [1.54, 1.807) is 0 Å². The first-order chi connectivity index (χ1) is 7.70. The number of ether oxygens (including phenoxy) is 1. The summed E-state index contributed by atoms with van der Waals surface area (Å²) in [4.78, 5) is 0. The third-order valence-corrected chi connectivity index (χ3v) is 4.35. The van der Waals surface area contributed by atoms with E-state index >= 15 is 0 Å². The number of aliphatic hydroxyl groups excluding tert-OH is 2. The summed E-state index contributed by atoms with van der Waals surface area (Å²) in [7, 11) is -4.44. The number of rotatable bonds is 1. The molecule has 1 unspecified atom stereocenters. The standard InChI is InChI=1S/C6H9O10P/c7-1-2-3(8)4(9)5(10)6(11,13-2)16-17(12,14-4)15-5/h2-3,7-11H,1H2/t2-,3-,4-,5+,6+,17?/m1/s1. The summed E-state index contributed by atoms with van der Waals surface area (Å²) in [6, 6.07) is 0. The minimum atomic E-state index is -4.44. The quantitative estimate of drug-likeness (QED) is 0.311. The lowest BCUT2D eigenvalue weighted by atomic mass is 9.90. The molecule has 0 spiro atoms. The summed E-state index contributed by atoms with van der Waals surface area (Å²) >= 11 is 0. The second-order valence-corrected chi connectivity index (χ2v) is 5.37. The van der Waals surface area contributed by atoms with Gasteiger partial charge in [-0.1, -0.05) is 0 Å². The molecule has 3 aliphatic rings. The summed E-state index contributed by atoms with van der Waals surface area (Å²) in [6.07, 6.45) is -3.53. The average molecular weight is 272 g/mol. The summed E-state index contributed by atoms with van der Waals surface area (Å²) in [5.74, 6) is -9.00. The Bertz CT molecular complexity index is 427. The first kappa shape index (κ1) is 11.9. The van der Waals surface area contributed by atoms with E-state index in [2.05, 4.69) is 18.3 Å². The highest BCUT2D eigenvalue weighted by atomic mass is 31.2. The van der Waals surface area contributed by atoms with Crippen molar-refractivity contribution in [3.63, 3.8) is 0 Å². The van der Waals surface area contributed by atoms with Gasteiger partial charge in [0.05, 0.1) is 6.61 Å². The van der Waals surface area contributed by atoms with Crippen LogP contribution in [0.25, 0.3) is 0 Å². The van der Waals surface area contributed by atoms with E-state index in [1.165, 1.54) is 0 Å². The normalized spacial score (nSPS) is 65.2. The topological polar surface area (TPSA) is 155 Å².